The van der Waals surface area contributed by atoms with E-state index in [1.807, 2.05) is 18.2 Å². The zero-order chi connectivity index (χ0) is 36.2. The maximum Gasteiger partial charge on any atom is 0.453 e. The van der Waals surface area contributed by atoms with Crippen LogP contribution < -0.4 is 10.1 Å². The number of ether oxygens (including phenoxy) is 2. The third-order valence-corrected chi connectivity index (χ3v) is 9.84. The summed E-state index contributed by atoms with van der Waals surface area (Å²) in [6.07, 6.45) is 0.265. The number of nitrogens with zero attached hydrogens (tertiary/aromatic N) is 6. The Bertz CT molecular complexity index is 1920. The lowest BCUT2D eigenvalue weighted by Gasteiger charge is -2.35. The van der Waals surface area contributed by atoms with Gasteiger partial charge in [-0.3, -0.25) is 19.7 Å². The molecule has 1 atom stereocenters. The van der Waals surface area contributed by atoms with Crippen LogP contribution in [0.15, 0.2) is 47.6 Å². The molecule has 2 aromatic carbocycles. The highest BCUT2D eigenvalue weighted by atomic mass is 19.4. The molecule has 5 heterocycles. The quantitative estimate of drug-likeness (QED) is 0.197. The summed E-state index contributed by atoms with van der Waals surface area (Å²) >= 11 is 0. The van der Waals surface area contributed by atoms with Gasteiger partial charge in [0, 0.05) is 56.6 Å². The number of aromatic nitrogens is 3. The Morgan fingerprint density at radius 2 is 1.71 bits per heavy atom. The van der Waals surface area contributed by atoms with Crippen LogP contribution >= 0.6 is 0 Å². The van der Waals surface area contributed by atoms with Crippen molar-refractivity contribution in [2.24, 2.45) is 5.10 Å². The van der Waals surface area contributed by atoms with Crippen LogP contribution in [0.3, 0.4) is 0 Å². The number of imide groups is 1. The number of amidine groups is 1. The molecule has 0 spiro atoms. The average molecular weight is 718 g/mol. The van der Waals surface area contributed by atoms with Gasteiger partial charge in [-0.1, -0.05) is 24.0 Å². The number of nitrogens with one attached hydrogen (secondary N) is 1. The van der Waals surface area contributed by atoms with E-state index >= 15 is 0 Å². The second-order valence-corrected chi connectivity index (χ2v) is 13.3. The number of amides is 3. The molecule has 7 rings (SSSR count). The minimum Gasteiger partial charge on any atom is -0.494 e. The van der Waals surface area contributed by atoms with Crippen molar-refractivity contribution in [2.75, 3.05) is 32.9 Å². The first-order valence-electron chi connectivity index (χ1n) is 17.6. The molecular formula is C37H38F3N7O5. The van der Waals surface area contributed by atoms with Crippen molar-refractivity contribution in [2.45, 2.75) is 76.0 Å². The van der Waals surface area contributed by atoms with Gasteiger partial charge in [0.2, 0.25) is 11.8 Å². The van der Waals surface area contributed by atoms with E-state index in [4.69, 9.17) is 9.47 Å². The summed E-state index contributed by atoms with van der Waals surface area (Å²) in [6.45, 7) is 3.13. The van der Waals surface area contributed by atoms with Crippen LogP contribution in [0, 0.1) is 11.8 Å². The molecular weight excluding hydrogens is 679 g/mol. The molecule has 15 heteroatoms. The molecule has 0 radical (unpaired) electrons. The van der Waals surface area contributed by atoms with Gasteiger partial charge < -0.3 is 19.3 Å². The van der Waals surface area contributed by atoms with E-state index in [-0.39, 0.29) is 30.7 Å². The van der Waals surface area contributed by atoms with Crippen molar-refractivity contribution in [1.82, 2.24) is 30.0 Å². The molecule has 12 nitrogen and oxygen atoms in total. The molecule has 0 bridgehead atoms. The van der Waals surface area contributed by atoms with Gasteiger partial charge in [-0.2, -0.15) is 22.9 Å². The minimum absolute atomic E-state index is 0.209. The van der Waals surface area contributed by atoms with Gasteiger partial charge in [0.05, 0.1) is 6.61 Å². The maximum absolute atomic E-state index is 13.3. The Hall–Kier alpha value is -5.23. The number of fused-ring (bicyclic) bond motifs is 2. The SMILES string of the molecule is O=C1CCC(N2Cc3cc(C#CCOCCCCOc4ccc(C5CCN(C6=Nn7c(nnc7C(F)(F)F)CC6)CC5)cc4)ccc3C2=O)C(=O)N1. The lowest BCUT2D eigenvalue weighted by molar-refractivity contribution is -0.147. The van der Waals surface area contributed by atoms with E-state index < -0.39 is 23.9 Å². The van der Waals surface area contributed by atoms with Crippen molar-refractivity contribution >= 4 is 23.6 Å². The Labute approximate surface area is 298 Å². The summed E-state index contributed by atoms with van der Waals surface area (Å²) in [4.78, 5) is 40.2. The number of hydrogen-bond acceptors (Lipinski definition) is 9. The Kier molecular flexibility index (Phi) is 10.3. The molecule has 0 saturated carbocycles. The van der Waals surface area contributed by atoms with Crippen molar-refractivity contribution in [3.8, 4) is 17.6 Å². The fraction of sp³-hybridized carbons (Fsp3) is 0.459. The molecule has 272 valence electrons. The van der Waals surface area contributed by atoms with Gasteiger partial charge in [-0.05, 0) is 79.5 Å². The average Bonchev–Trinajstić information content (AvgIpc) is 3.72. The third kappa shape index (κ3) is 7.81. The first-order valence-corrected chi connectivity index (χ1v) is 17.6. The van der Waals surface area contributed by atoms with Crippen molar-refractivity contribution in [3.05, 3.63) is 76.4 Å². The van der Waals surface area contributed by atoms with Crippen LogP contribution in [0.25, 0.3) is 0 Å². The van der Waals surface area contributed by atoms with E-state index in [0.29, 0.717) is 56.3 Å². The highest BCUT2D eigenvalue weighted by Gasteiger charge is 2.41. The van der Waals surface area contributed by atoms with Crippen molar-refractivity contribution < 1.29 is 37.0 Å². The number of piperidine rings is 2. The molecule has 3 aromatic rings. The van der Waals surface area contributed by atoms with Crippen molar-refractivity contribution in [1.29, 1.82) is 0 Å². The van der Waals surface area contributed by atoms with Crippen LogP contribution in [0.1, 0.15) is 89.6 Å². The first kappa shape index (κ1) is 35.2. The molecule has 1 aromatic heterocycles. The number of benzene rings is 2. The standard InChI is InChI=1S/C37H38F3N7O5/c38-37(39,40)36-43-42-31-12-13-32(44-47(31)36)45-17-15-26(16-18-45)25-6-8-28(9-7-25)52-21-2-1-19-51-20-3-4-24-5-10-29-27(22-24)23-46(35(29)50)30-11-14-33(48)41-34(30)49/h5-10,22,26,30H,1-2,11-21,23H2,(H,41,48,49). The summed E-state index contributed by atoms with van der Waals surface area (Å²) in [5, 5.41) is 13.5. The highest BCUT2D eigenvalue weighted by molar-refractivity contribution is 6.05. The zero-order valence-corrected chi connectivity index (χ0v) is 28.5. The fourth-order valence-electron chi connectivity index (χ4n) is 7.08. The second-order valence-electron chi connectivity index (χ2n) is 13.3. The van der Waals surface area contributed by atoms with Crippen LogP contribution in [-0.4, -0.2) is 87.2 Å². The Morgan fingerprint density at radius 1 is 0.923 bits per heavy atom. The zero-order valence-electron chi connectivity index (χ0n) is 28.5. The number of likely N-dealkylation sites (tertiary alicyclic amines) is 1. The lowest BCUT2D eigenvalue weighted by atomic mass is 9.89. The molecule has 2 saturated heterocycles. The van der Waals surface area contributed by atoms with E-state index in [2.05, 4.69) is 49.5 Å². The smallest absolute Gasteiger partial charge is 0.453 e. The monoisotopic (exact) mass is 717 g/mol. The van der Waals surface area contributed by atoms with Crippen molar-refractivity contribution in [3.63, 3.8) is 0 Å². The van der Waals surface area contributed by atoms with Crippen LogP contribution in [0.2, 0.25) is 0 Å². The van der Waals surface area contributed by atoms with Gasteiger partial charge in [0.1, 0.15) is 24.2 Å². The lowest BCUT2D eigenvalue weighted by Crippen LogP contribution is -2.52. The van der Waals surface area contributed by atoms with E-state index in [1.165, 1.54) is 10.5 Å². The first-order chi connectivity index (χ1) is 25.1. The number of alkyl halides is 3. The summed E-state index contributed by atoms with van der Waals surface area (Å²) in [6, 6.07) is 12.9. The van der Waals surface area contributed by atoms with Crippen LogP contribution in [0.4, 0.5) is 13.2 Å². The summed E-state index contributed by atoms with van der Waals surface area (Å²) < 4.78 is 52.3. The summed E-state index contributed by atoms with van der Waals surface area (Å²) in [7, 11) is 0. The minimum atomic E-state index is -4.60. The molecule has 4 aliphatic rings. The van der Waals surface area contributed by atoms with Gasteiger partial charge >= 0.3 is 6.18 Å². The molecule has 4 aliphatic heterocycles. The van der Waals surface area contributed by atoms with E-state index in [1.54, 1.807) is 12.1 Å². The molecule has 0 aliphatic carbocycles. The molecule has 2 fully saturated rings. The number of carbonyl (C=O) groups excluding carboxylic acids is 3. The second kappa shape index (κ2) is 15.2. The van der Waals surface area contributed by atoms with E-state index in [9.17, 15) is 27.6 Å². The highest BCUT2D eigenvalue weighted by Crippen LogP contribution is 2.33. The number of hydrogen-bond donors (Lipinski definition) is 1. The fourth-order valence-corrected chi connectivity index (χ4v) is 7.08. The Morgan fingerprint density at radius 3 is 2.48 bits per heavy atom. The van der Waals surface area contributed by atoms with E-state index in [0.717, 1.165) is 60.3 Å². The predicted octanol–water partition coefficient (Wildman–Crippen LogP) is 4.27. The van der Waals surface area contributed by atoms with Crippen LogP contribution in [-0.2, 0) is 33.5 Å². The number of rotatable bonds is 9. The Balaban J connectivity index is 0.783. The normalized spacial score (nSPS) is 19.1. The largest absolute Gasteiger partial charge is 0.494 e. The van der Waals surface area contributed by atoms with Gasteiger partial charge in [-0.15, -0.1) is 10.2 Å². The molecule has 3 amide bonds. The summed E-state index contributed by atoms with van der Waals surface area (Å²) in [5.41, 5.74) is 3.35. The molecule has 1 unspecified atom stereocenters. The number of unbranched alkanes of at least 4 members (excludes halogenated alkanes) is 1. The number of carbonyl (C=O) groups is 3. The van der Waals surface area contributed by atoms with Crippen LogP contribution in [0.5, 0.6) is 5.75 Å². The maximum atomic E-state index is 13.3. The van der Waals surface area contributed by atoms with Gasteiger partial charge in [0.15, 0.2) is 5.82 Å². The topological polar surface area (TPSA) is 131 Å². The number of halogens is 3. The molecule has 1 N–H and O–H groups in total. The molecule has 52 heavy (non-hydrogen) atoms. The van der Waals surface area contributed by atoms with Gasteiger partial charge in [0.25, 0.3) is 11.7 Å². The third-order valence-electron chi connectivity index (χ3n) is 9.84. The number of aryl methyl sites for hydroxylation is 1. The van der Waals surface area contributed by atoms with Gasteiger partial charge in [-0.25, -0.2) is 0 Å². The summed E-state index contributed by atoms with van der Waals surface area (Å²) in [5.74, 6) is 6.10. The predicted molar refractivity (Wildman–Crippen MR) is 181 cm³/mol.